The van der Waals surface area contributed by atoms with Gasteiger partial charge in [0.15, 0.2) is 0 Å². The maximum Gasteiger partial charge on any atom is 0.0830 e. The maximum atomic E-state index is 10.2. The smallest absolute Gasteiger partial charge is 0.0830 e. The second-order valence-corrected chi connectivity index (χ2v) is 4.87. The summed E-state index contributed by atoms with van der Waals surface area (Å²) in [7, 11) is 1.71. The molecule has 1 aliphatic carbocycles. The molecule has 1 saturated carbocycles. The summed E-state index contributed by atoms with van der Waals surface area (Å²) in [6.07, 6.45) is 6.94. The van der Waals surface area contributed by atoms with Gasteiger partial charge in [-0.15, -0.1) is 0 Å². The summed E-state index contributed by atoms with van der Waals surface area (Å²) < 4.78 is 5.33. The Labute approximate surface area is 94.0 Å². The van der Waals surface area contributed by atoms with Crippen molar-refractivity contribution in [3.63, 3.8) is 0 Å². The molecular weight excluding hydrogens is 188 g/mol. The number of ether oxygens (including phenoxy) is 1. The van der Waals surface area contributed by atoms with Gasteiger partial charge < -0.3 is 9.84 Å². The largest absolute Gasteiger partial charge is 0.390 e. The Bertz CT molecular complexity index is 166. The van der Waals surface area contributed by atoms with Crippen LogP contribution in [0.2, 0.25) is 0 Å². The first kappa shape index (κ1) is 13.0. The van der Waals surface area contributed by atoms with Gasteiger partial charge in [-0.3, -0.25) is 0 Å². The van der Waals surface area contributed by atoms with Gasteiger partial charge in [0, 0.05) is 7.11 Å². The second kappa shape index (κ2) is 6.49. The molecule has 0 aromatic carbocycles. The maximum absolute atomic E-state index is 10.2. The normalized spacial score (nSPS) is 31.2. The summed E-state index contributed by atoms with van der Waals surface area (Å²) in [4.78, 5) is 0. The fourth-order valence-corrected chi connectivity index (χ4v) is 2.86. The van der Waals surface area contributed by atoms with Gasteiger partial charge in [-0.2, -0.15) is 0 Å². The lowest BCUT2D eigenvalue weighted by Gasteiger charge is -2.34. The second-order valence-electron chi connectivity index (χ2n) is 4.87. The molecule has 0 heterocycles. The highest BCUT2D eigenvalue weighted by Gasteiger charge is 2.30. The zero-order valence-electron chi connectivity index (χ0n) is 10.4. The minimum absolute atomic E-state index is 0.0330. The Balaban J connectivity index is 2.47. The predicted molar refractivity (Wildman–Crippen MR) is 62.8 cm³/mol. The van der Waals surface area contributed by atoms with E-state index in [9.17, 15) is 5.11 Å². The van der Waals surface area contributed by atoms with Crippen molar-refractivity contribution in [2.24, 2.45) is 11.8 Å². The van der Waals surface area contributed by atoms with Crippen LogP contribution in [0.25, 0.3) is 0 Å². The lowest BCUT2D eigenvalue weighted by atomic mass is 9.76. The molecule has 0 aromatic rings. The summed E-state index contributed by atoms with van der Waals surface area (Å²) in [5.41, 5.74) is 0. The van der Waals surface area contributed by atoms with Crippen LogP contribution in [0.1, 0.15) is 52.4 Å². The Hall–Kier alpha value is -0.0800. The standard InChI is InChI=1S/C13H26O2/c1-4-10-7-6-8-11(9-10)13(14)12(5-2)15-3/h10-14H,4-9H2,1-3H3. The number of hydrogen-bond acceptors (Lipinski definition) is 2. The fraction of sp³-hybridized carbons (Fsp3) is 1.00. The van der Waals surface area contributed by atoms with E-state index >= 15 is 0 Å². The molecule has 0 spiro atoms. The lowest BCUT2D eigenvalue weighted by molar-refractivity contribution is -0.0553. The van der Waals surface area contributed by atoms with Crippen LogP contribution in [-0.4, -0.2) is 24.4 Å². The highest BCUT2D eigenvalue weighted by Crippen LogP contribution is 2.34. The summed E-state index contributed by atoms with van der Waals surface area (Å²) >= 11 is 0. The molecule has 1 N–H and O–H groups in total. The van der Waals surface area contributed by atoms with Crippen LogP contribution in [0.3, 0.4) is 0 Å². The number of aliphatic hydroxyl groups excluding tert-OH is 1. The summed E-state index contributed by atoms with van der Waals surface area (Å²) in [6, 6.07) is 0. The van der Waals surface area contributed by atoms with Crippen molar-refractivity contribution in [1.82, 2.24) is 0 Å². The SMILES string of the molecule is CCC1CCCC(C(O)C(CC)OC)C1. The van der Waals surface area contributed by atoms with Crippen molar-refractivity contribution in [3.05, 3.63) is 0 Å². The van der Waals surface area contributed by atoms with Gasteiger partial charge in [0.2, 0.25) is 0 Å². The van der Waals surface area contributed by atoms with Crippen LogP contribution >= 0.6 is 0 Å². The van der Waals surface area contributed by atoms with E-state index in [-0.39, 0.29) is 12.2 Å². The lowest BCUT2D eigenvalue weighted by Crippen LogP contribution is -2.37. The molecule has 1 rings (SSSR count). The van der Waals surface area contributed by atoms with E-state index in [1.807, 2.05) is 0 Å². The van der Waals surface area contributed by atoms with Gasteiger partial charge >= 0.3 is 0 Å². The van der Waals surface area contributed by atoms with E-state index < -0.39 is 0 Å². The molecule has 1 fully saturated rings. The molecule has 0 bridgehead atoms. The molecule has 4 atom stereocenters. The van der Waals surface area contributed by atoms with Crippen LogP contribution in [0, 0.1) is 11.8 Å². The van der Waals surface area contributed by atoms with Crippen molar-refractivity contribution in [2.45, 2.75) is 64.6 Å². The number of hydrogen-bond donors (Lipinski definition) is 1. The third kappa shape index (κ3) is 3.46. The average Bonchev–Trinajstić information content (AvgIpc) is 2.30. The molecule has 15 heavy (non-hydrogen) atoms. The fourth-order valence-electron chi connectivity index (χ4n) is 2.86. The van der Waals surface area contributed by atoms with Crippen molar-refractivity contribution in [1.29, 1.82) is 0 Å². The molecule has 1 aliphatic rings. The molecule has 90 valence electrons. The predicted octanol–water partition coefficient (Wildman–Crippen LogP) is 2.99. The molecule has 0 aromatic heterocycles. The van der Waals surface area contributed by atoms with Crippen LogP contribution in [0.5, 0.6) is 0 Å². The first-order valence-corrected chi connectivity index (χ1v) is 6.43. The highest BCUT2D eigenvalue weighted by atomic mass is 16.5. The molecule has 2 heteroatoms. The van der Waals surface area contributed by atoms with E-state index in [1.165, 1.54) is 32.1 Å². The molecule has 0 amide bonds. The van der Waals surface area contributed by atoms with Gasteiger partial charge in [-0.05, 0) is 31.1 Å². The molecule has 0 saturated heterocycles. The Kier molecular flexibility index (Phi) is 5.62. The van der Waals surface area contributed by atoms with Gasteiger partial charge in [-0.25, -0.2) is 0 Å². The van der Waals surface area contributed by atoms with E-state index in [0.717, 1.165) is 12.3 Å². The molecule has 4 unspecified atom stereocenters. The van der Waals surface area contributed by atoms with E-state index in [1.54, 1.807) is 7.11 Å². The highest BCUT2D eigenvalue weighted by molar-refractivity contribution is 4.81. The Morgan fingerprint density at radius 1 is 1.33 bits per heavy atom. The van der Waals surface area contributed by atoms with Gasteiger partial charge in [0.1, 0.15) is 0 Å². The van der Waals surface area contributed by atoms with Crippen molar-refractivity contribution in [3.8, 4) is 0 Å². The van der Waals surface area contributed by atoms with E-state index in [2.05, 4.69) is 13.8 Å². The zero-order chi connectivity index (χ0) is 11.3. The van der Waals surface area contributed by atoms with Crippen LogP contribution in [0.15, 0.2) is 0 Å². The minimum Gasteiger partial charge on any atom is -0.390 e. The summed E-state index contributed by atoms with van der Waals surface area (Å²) in [5.74, 6) is 1.29. The third-order valence-electron chi connectivity index (χ3n) is 3.97. The number of aliphatic hydroxyl groups is 1. The van der Waals surface area contributed by atoms with Gasteiger partial charge in [0.25, 0.3) is 0 Å². The minimum atomic E-state index is -0.255. The summed E-state index contributed by atoms with van der Waals surface area (Å²) in [6.45, 7) is 4.34. The summed E-state index contributed by atoms with van der Waals surface area (Å²) in [5, 5.41) is 10.2. The monoisotopic (exact) mass is 214 g/mol. The van der Waals surface area contributed by atoms with Crippen LogP contribution in [0.4, 0.5) is 0 Å². The Morgan fingerprint density at radius 2 is 2.07 bits per heavy atom. The molecular formula is C13H26O2. The van der Waals surface area contributed by atoms with E-state index in [4.69, 9.17) is 4.74 Å². The molecule has 0 radical (unpaired) electrons. The van der Waals surface area contributed by atoms with E-state index in [0.29, 0.717) is 5.92 Å². The van der Waals surface area contributed by atoms with Crippen molar-refractivity contribution < 1.29 is 9.84 Å². The number of rotatable bonds is 5. The van der Waals surface area contributed by atoms with Crippen LogP contribution < -0.4 is 0 Å². The number of methoxy groups -OCH3 is 1. The molecule has 0 aliphatic heterocycles. The van der Waals surface area contributed by atoms with Gasteiger partial charge in [-0.1, -0.05) is 33.1 Å². The average molecular weight is 214 g/mol. The Morgan fingerprint density at radius 3 is 2.60 bits per heavy atom. The molecule has 2 nitrogen and oxygen atoms in total. The first-order chi connectivity index (χ1) is 7.22. The topological polar surface area (TPSA) is 29.5 Å². The zero-order valence-corrected chi connectivity index (χ0v) is 10.4. The van der Waals surface area contributed by atoms with Crippen molar-refractivity contribution in [2.75, 3.05) is 7.11 Å². The quantitative estimate of drug-likeness (QED) is 0.762. The van der Waals surface area contributed by atoms with Crippen molar-refractivity contribution >= 4 is 0 Å². The van der Waals surface area contributed by atoms with Crippen LogP contribution in [-0.2, 0) is 4.74 Å². The third-order valence-corrected chi connectivity index (χ3v) is 3.97. The first-order valence-electron chi connectivity index (χ1n) is 6.43. The van der Waals surface area contributed by atoms with Gasteiger partial charge in [0.05, 0.1) is 12.2 Å².